The number of aliphatic hydroxyl groups excluding tert-OH is 6. The van der Waals surface area contributed by atoms with E-state index in [0.717, 1.165) is 6.07 Å². The molecule has 15 nitrogen and oxygen atoms in total. The predicted octanol–water partition coefficient (Wildman–Crippen LogP) is -1.79. The molecule has 8 atom stereocenters. The van der Waals surface area contributed by atoms with Crippen molar-refractivity contribution in [2.75, 3.05) is 13.2 Å². The van der Waals surface area contributed by atoms with Crippen LogP contribution >= 0.6 is 0 Å². The van der Waals surface area contributed by atoms with Crippen LogP contribution in [0.5, 0.6) is 28.7 Å². The molecular formula is C25H26O15. The van der Waals surface area contributed by atoms with Crippen LogP contribution in [0.1, 0.15) is 0 Å². The Bertz CT molecular complexity index is 1440. The lowest BCUT2D eigenvalue weighted by Gasteiger charge is -2.36. The van der Waals surface area contributed by atoms with Crippen molar-refractivity contribution in [2.45, 2.75) is 49.2 Å². The van der Waals surface area contributed by atoms with Crippen LogP contribution in [0.15, 0.2) is 39.5 Å². The summed E-state index contributed by atoms with van der Waals surface area (Å²) in [4.78, 5) is 13.2. The number of phenols is 3. The highest BCUT2D eigenvalue weighted by Crippen LogP contribution is 2.51. The van der Waals surface area contributed by atoms with Crippen LogP contribution in [0, 0.1) is 0 Å². The van der Waals surface area contributed by atoms with E-state index in [1.807, 2.05) is 0 Å². The number of benzene rings is 2. The molecule has 3 heterocycles. The Morgan fingerprint density at radius 1 is 0.700 bits per heavy atom. The molecule has 0 saturated carbocycles. The summed E-state index contributed by atoms with van der Waals surface area (Å²) in [5, 5.41) is 91.2. The fourth-order valence-electron chi connectivity index (χ4n) is 4.30. The van der Waals surface area contributed by atoms with E-state index in [1.54, 1.807) is 0 Å². The summed E-state index contributed by atoms with van der Waals surface area (Å²) in [5.74, 6) is -3.71. The molecular weight excluding hydrogens is 540 g/mol. The van der Waals surface area contributed by atoms with E-state index in [4.69, 9.17) is 23.4 Å². The van der Waals surface area contributed by atoms with E-state index in [9.17, 15) is 50.8 Å². The highest BCUT2D eigenvalue weighted by atomic mass is 16.7. The SMILES string of the molecule is O=c1cc(-c2ccc(O)cc2)oc2c(O[C@@H]3OC[C@H](O)[C@H](O)[C@H]3O)c(O)c(O[C@@H]3OC[C@@H](O)[C@H](O)[C@H]3O)c(O)c12. The van der Waals surface area contributed by atoms with Gasteiger partial charge in [0.25, 0.3) is 0 Å². The molecule has 0 unspecified atom stereocenters. The quantitative estimate of drug-likeness (QED) is 0.165. The molecule has 2 aliphatic rings. The first kappa shape index (κ1) is 27.9. The Morgan fingerprint density at radius 3 is 1.77 bits per heavy atom. The number of phenolic OH excluding ortho intramolecular Hbond substituents is 3. The molecule has 0 bridgehead atoms. The van der Waals surface area contributed by atoms with Crippen molar-refractivity contribution in [2.24, 2.45) is 0 Å². The summed E-state index contributed by atoms with van der Waals surface area (Å²) in [6.07, 6.45) is -13.5. The average Bonchev–Trinajstić information content (AvgIpc) is 2.93. The maximum atomic E-state index is 13.2. The minimum atomic E-state index is -1.85. The molecule has 1 aromatic heterocycles. The lowest BCUT2D eigenvalue weighted by Crippen LogP contribution is -2.55. The monoisotopic (exact) mass is 566 g/mol. The number of fused-ring (bicyclic) bond motifs is 1. The second kappa shape index (κ2) is 10.7. The Balaban J connectivity index is 1.66. The van der Waals surface area contributed by atoms with Gasteiger partial charge in [-0.2, -0.15) is 0 Å². The lowest BCUT2D eigenvalue weighted by molar-refractivity contribution is -0.243. The lowest BCUT2D eigenvalue weighted by atomic mass is 10.1. The first-order chi connectivity index (χ1) is 19.0. The van der Waals surface area contributed by atoms with Gasteiger partial charge in [0.05, 0.1) is 13.2 Å². The van der Waals surface area contributed by atoms with Gasteiger partial charge in [-0.3, -0.25) is 4.79 Å². The fourth-order valence-corrected chi connectivity index (χ4v) is 4.30. The zero-order chi connectivity index (χ0) is 28.9. The van der Waals surface area contributed by atoms with E-state index < -0.39 is 102 Å². The Morgan fingerprint density at radius 2 is 1.23 bits per heavy atom. The maximum absolute atomic E-state index is 13.2. The number of aromatic hydroxyl groups is 3. The molecule has 0 aliphatic carbocycles. The second-order valence-electron chi connectivity index (χ2n) is 9.32. The van der Waals surface area contributed by atoms with Crippen molar-refractivity contribution < 1.29 is 69.3 Å². The van der Waals surface area contributed by atoms with Gasteiger partial charge in [-0.25, -0.2) is 0 Å². The minimum absolute atomic E-state index is 0.0677. The van der Waals surface area contributed by atoms with Crippen LogP contribution in [0.3, 0.4) is 0 Å². The molecule has 216 valence electrons. The van der Waals surface area contributed by atoms with Gasteiger partial charge in [0.1, 0.15) is 53.5 Å². The number of rotatable bonds is 5. The molecule has 2 fully saturated rings. The van der Waals surface area contributed by atoms with Crippen LogP contribution in [0.25, 0.3) is 22.3 Å². The summed E-state index contributed by atoms with van der Waals surface area (Å²) >= 11 is 0. The van der Waals surface area contributed by atoms with Crippen molar-refractivity contribution in [3.8, 4) is 40.1 Å². The third-order valence-corrected chi connectivity index (χ3v) is 6.56. The third kappa shape index (κ3) is 4.89. The zero-order valence-corrected chi connectivity index (χ0v) is 20.4. The largest absolute Gasteiger partial charge is 0.508 e. The first-order valence-electron chi connectivity index (χ1n) is 12.0. The minimum Gasteiger partial charge on any atom is -0.508 e. The van der Waals surface area contributed by atoms with Crippen LogP contribution in [0.4, 0.5) is 0 Å². The van der Waals surface area contributed by atoms with Crippen molar-refractivity contribution in [3.63, 3.8) is 0 Å². The van der Waals surface area contributed by atoms with Gasteiger partial charge in [0.2, 0.25) is 29.8 Å². The van der Waals surface area contributed by atoms with Gasteiger partial charge < -0.3 is 69.3 Å². The van der Waals surface area contributed by atoms with Gasteiger partial charge in [-0.1, -0.05) is 0 Å². The van der Waals surface area contributed by atoms with Crippen LogP contribution in [0.2, 0.25) is 0 Å². The summed E-state index contributed by atoms with van der Waals surface area (Å²) < 4.78 is 27.2. The molecule has 2 aromatic carbocycles. The molecule has 2 aliphatic heterocycles. The summed E-state index contributed by atoms with van der Waals surface area (Å²) in [7, 11) is 0. The van der Waals surface area contributed by atoms with Crippen LogP contribution < -0.4 is 14.9 Å². The normalized spacial score (nSPS) is 30.8. The molecule has 40 heavy (non-hydrogen) atoms. The number of aliphatic hydroxyl groups is 6. The topological polar surface area (TPSA) is 249 Å². The third-order valence-electron chi connectivity index (χ3n) is 6.56. The van der Waals surface area contributed by atoms with Gasteiger partial charge in [0.15, 0.2) is 16.8 Å². The maximum Gasteiger partial charge on any atom is 0.229 e. The molecule has 0 radical (unpaired) electrons. The molecule has 3 aromatic rings. The van der Waals surface area contributed by atoms with Crippen molar-refractivity contribution >= 4 is 11.0 Å². The van der Waals surface area contributed by atoms with Crippen LogP contribution in [-0.4, -0.2) is 108 Å². The number of ether oxygens (including phenoxy) is 4. The van der Waals surface area contributed by atoms with E-state index in [1.165, 1.54) is 24.3 Å². The summed E-state index contributed by atoms with van der Waals surface area (Å²) in [6, 6.07) is 6.48. The highest BCUT2D eigenvalue weighted by Gasteiger charge is 2.42. The Kier molecular flexibility index (Phi) is 7.47. The number of hydrogen-bond acceptors (Lipinski definition) is 15. The van der Waals surface area contributed by atoms with E-state index >= 15 is 0 Å². The van der Waals surface area contributed by atoms with E-state index in [2.05, 4.69) is 0 Å². The predicted molar refractivity (Wildman–Crippen MR) is 130 cm³/mol. The first-order valence-corrected chi connectivity index (χ1v) is 12.0. The molecule has 9 N–H and O–H groups in total. The second-order valence-corrected chi connectivity index (χ2v) is 9.32. The molecule has 0 spiro atoms. The zero-order valence-electron chi connectivity index (χ0n) is 20.4. The Hall–Kier alpha value is -3.67. The fraction of sp³-hybridized carbons (Fsp3) is 0.400. The highest BCUT2D eigenvalue weighted by molar-refractivity contribution is 5.95. The average molecular weight is 566 g/mol. The summed E-state index contributed by atoms with van der Waals surface area (Å²) in [6.45, 7) is -0.962. The van der Waals surface area contributed by atoms with Gasteiger partial charge in [0, 0.05) is 11.6 Å². The summed E-state index contributed by atoms with van der Waals surface area (Å²) in [5.41, 5.74) is -1.10. The molecule has 15 heteroatoms. The molecule has 2 saturated heterocycles. The van der Waals surface area contributed by atoms with Crippen LogP contribution in [-0.2, 0) is 9.47 Å². The van der Waals surface area contributed by atoms with Crippen molar-refractivity contribution in [3.05, 3.63) is 40.6 Å². The molecule has 5 rings (SSSR count). The van der Waals surface area contributed by atoms with Crippen molar-refractivity contribution in [1.29, 1.82) is 0 Å². The van der Waals surface area contributed by atoms with Crippen molar-refractivity contribution in [1.82, 2.24) is 0 Å². The van der Waals surface area contributed by atoms with Gasteiger partial charge in [-0.15, -0.1) is 0 Å². The number of hydrogen-bond donors (Lipinski definition) is 9. The Labute approximate surface area is 223 Å². The standard InChI is InChI=1S/C25H26O15/c26-9-3-1-8(2-4-9)13-5-10(27)14-17(32)22(39-24-18(33)15(30)11(28)6-36-24)20(35)23(21(14)38-13)40-25-19(34)16(31)12(29)7-37-25/h1-5,11-12,15-16,18-19,24-26,28-35H,6-7H2/t11-,12+,15+,16+,18-,19-,24+,25+/m1/s1. The smallest absolute Gasteiger partial charge is 0.229 e. The van der Waals surface area contributed by atoms with Gasteiger partial charge in [-0.05, 0) is 24.3 Å². The van der Waals surface area contributed by atoms with Gasteiger partial charge >= 0.3 is 0 Å². The molecule has 0 amide bonds. The van der Waals surface area contributed by atoms with E-state index in [0.29, 0.717) is 5.56 Å². The van der Waals surface area contributed by atoms with E-state index in [-0.39, 0.29) is 11.5 Å².